The van der Waals surface area contributed by atoms with Crippen molar-refractivity contribution in [3.63, 3.8) is 0 Å². The number of hydrogen-bond acceptors (Lipinski definition) is 4. The summed E-state index contributed by atoms with van der Waals surface area (Å²) < 4.78 is 28.0. The Hall–Kier alpha value is -1.60. The Labute approximate surface area is 118 Å². The molecule has 0 radical (unpaired) electrons. The van der Waals surface area contributed by atoms with Gasteiger partial charge in [0.25, 0.3) is 0 Å². The summed E-state index contributed by atoms with van der Waals surface area (Å²) in [6, 6.07) is 4.61. The van der Waals surface area contributed by atoms with Gasteiger partial charge in [0.2, 0.25) is 15.9 Å². The number of ether oxygens (including phenoxy) is 1. The molecule has 1 amide bonds. The maximum absolute atomic E-state index is 12.0. The van der Waals surface area contributed by atoms with E-state index in [2.05, 4.69) is 0 Å². The third kappa shape index (κ3) is 3.29. The first-order chi connectivity index (χ1) is 9.41. The van der Waals surface area contributed by atoms with Gasteiger partial charge >= 0.3 is 0 Å². The van der Waals surface area contributed by atoms with E-state index in [4.69, 9.17) is 9.88 Å². The van der Waals surface area contributed by atoms with Crippen LogP contribution in [0.5, 0.6) is 5.75 Å². The Bertz CT molecular complexity index is 607. The van der Waals surface area contributed by atoms with Gasteiger partial charge in [-0.3, -0.25) is 4.79 Å². The molecular weight excluding hydrogens is 280 g/mol. The number of carbonyl (C=O) groups excluding carboxylic acids is 1. The molecule has 1 saturated heterocycles. The highest BCUT2D eigenvalue weighted by Gasteiger charge is 2.20. The number of nitrogens with zero attached hydrogens (tertiary/aromatic N) is 1. The highest BCUT2D eigenvalue weighted by molar-refractivity contribution is 7.89. The molecule has 1 aliphatic heterocycles. The second-order valence-corrected chi connectivity index (χ2v) is 6.32. The Balaban J connectivity index is 2.23. The predicted molar refractivity (Wildman–Crippen MR) is 73.9 cm³/mol. The van der Waals surface area contributed by atoms with E-state index in [-0.39, 0.29) is 23.0 Å². The highest BCUT2D eigenvalue weighted by atomic mass is 32.2. The van der Waals surface area contributed by atoms with Gasteiger partial charge in [-0.1, -0.05) is 6.07 Å². The van der Waals surface area contributed by atoms with Gasteiger partial charge in [-0.15, -0.1) is 0 Å². The summed E-state index contributed by atoms with van der Waals surface area (Å²) >= 11 is 0. The Morgan fingerprint density at radius 3 is 2.55 bits per heavy atom. The van der Waals surface area contributed by atoms with Gasteiger partial charge < -0.3 is 9.64 Å². The van der Waals surface area contributed by atoms with Crippen molar-refractivity contribution in [2.75, 3.05) is 20.2 Å². The molecule has 6 nitrogen and oxygen atoms in total. The van der Waals surface area contributed by atoms with Crippen molar-refractivity contribution in [3.8, 4) is 5.75 Å². The second-order valence-electron chi connectivity index (χ2n) is 4.79. The standard InChI is InChI=1S/C13H18N2O4S/c1-19-11-5-4-10(8-12(11)20(14,17)18)9-13(16)15-6-2-3-7-15/h4-5,8H,2-3,6-7,9H2,1H3,(H2,14,17,18). The van der Waals surface area contributed by atoms with Gasteiger partial charge in [0.15, 0.2) is 0 Å². The summed E-state index contributed by atoms with van der Waals surface area (Å²) in [7, 11) is -2.50. The smallest absolute Gasteiger partial charge is 0.241 e. The zero-order chi connectivity index (χ0) is 14.8. The zero-order valence-corrected chi connectivity index (χ0v) is 12.1. The molecule has 2 N–H and O–H groups in total. The maximum Gasteiger partial charge on any atom is 0.241 e. The van der Waals surface area contributed by atoms with Crippen molar-refractivity contribution in [3.05, 3.63) is 23.8 Å². The first-order valence-electron chi connectivity index (χ1n) is 6.39. The van der Waals surface area contributed by atoms with Crippen LogP contribution in [0.2, 0.25) is 0 Å². The average Bonchev–Trinajstić information content (AvgIpc) is 2.91. The second kappa shape index (κ2) is 5.80. The van der Waals surface area contributed by atoms with E-state index in [0.717, 1.165) is 25.9 Å². The highest BCUT2D eigenvalue weighted by Crippen LogP contribution is 2.24. The molecule has 0 spiro atoms. The van der Waals surface area contributed by atoms with Crippen LogP contribution < -0.4 is 9.88 Å². The Morgan fingerprint density at radius 1 is 1.35 bits per heavy atom. The molecule has 1 aromatic carbocycles. The lowest BCUT2D eigenvalue weighted by Crippen LogP contribution is -2.29. The molecule has 0 atom stereocenters. The van der Waals surface area contributed by atoms with Gasteiger partial charge in [-0.2, -0.15) is 0 Å². The summed E-state index contributed by atoms with van der Waals surface area (Å²) in [5, 5.41) is 5.15. The molecule has 0 unspecified atom stereocenters. The van der Waals surface area contributed by atoms with Crippen LogP contribution >= 0.6 is 0 Å². The number of carbonyl (C=O) groups is 1. The van der Waals surface area contributed by atoms with E-state index in [1.54, 1.807) is 11.0 Å². The molecule has 0 aliphatic carbocycles. The fraction of sp³-hybridized carbons (Fsp3) is 0.462. The monoisotopic (exact) mass is 298 g/mol. The van der Waals surface area contributed by atoms with Crippen LogP contribution in [-0.4, -0.2) is 39.4 Å². The summed E-state index contributed by atoms with van der Waals surface area (Å²) in [5.41, 5.74) is 0.617. The van der Waals surface area contributed by atoms with Crippen LogP contribution in [0, 0.1) is 0 Å². The van der Waals surface area contributed by atoms with E-state index in [1.165, 1.54) is 19.2 Å². The number of amides is 1. The van der Waals surface area contributed by atoms with Gasteiger partial charge in [0.05, 0.1) is 13.5 Å². The van der Waals surface area contributed by atoms with Gasteiger partial charge in [-0.25, -0.2) is 13.6 Å². The average molecular weight is 298 g/mol. The summed E-state index contributed by atoms with van der Waals surface area (Å²) in [5.74, 6) is 0.193. The first kappa shape index (κ1) is 14.8. The molecule has 1 heterocycles. The molecular formula is C13H18N2O4S. The van der Waals surface area contributed by atoms with Crippen LogP contribution in [0.25, 0.3) is 0 Å². The number of benzene rings is 1. The number of nitrogens with two attached hydrogens (primary N) is 1. The van der Waals surface area contributed by atoms with Crippen LogP contribution in [0.15, 0.2) is 23.1 Å². The zero-order valence-electron chi connectivity index (χ0n) is 11.3. The summed E-state index contributed by atoms with van der Waals surface area (Å²) in [6.07, 6.45) is 2.22. The fourth-order valence-corrected chi connectivity index (χ4v) is 3.05. The fourth-order valence-electron chi connectivity index (χ4n) is 2.31. The van der Waals surface area contributed by atoms with Crippen molar-refractivity contribution in [2.45, 2.75) is 24.2 Å². The number of rotatable bonds is 4. The van der Waals surface area contributed by atoms with Crippen molar-refractivity contribution < 1.29 is 17.9 Å². The quantitative estimate of drug-likeness (QED) is 0.877. The SMILES string of the molecule is COc1ccc(CC(=O)N2CCCC2)cc1S(N)(=O)=O. The maximum atomic E-state index is 12.0. The van der Waals surface area contributed by atoms with Gasteiger partial charge in [0.1, 0.15) is 10.6 Å². The molecule has 20 heavy (non-hydrogen) atoms. The van der Waals surface area contributed by atoms with Crippen LogP contribution in [-0.2, 0) is 21.2 Å². The van der Waals surface area contributed by atoms with Gasteiger partial charge in [-0.05, 0) is 30.5 Å². The van der Waals surface area contributed by atoms with Crippen LogP contribution in [0.4, 0.5) is 0 Å². The predicted octanol–water partition coefficient (Wildman–Crippen LogP) is 0.508. The van der Waals surface area contributed by atoms with E-state index in [0.29, 0.717) is 5.56 Å². The van der Waals surface area contributed by atoms with E-state index >= 15 is 0 Å². The Morgan fingerprint density at radius 2 is 2.00 bits per heavy atom. The van der Waals surface area contributed by atoms with E-state index in [9.17, 15) is 13.2 Å². The van der Waals surface area contributed by atoms with Crippen LogP contribution in [0.3, 0.4) is 0 Å². The number of primary sulfonamides is 1. The minimum atomic E-state index is -3.87. The van der Waals surface area contributed by atoms with Crippen molar-refractivity contribution >= 4 is 15.9 Å². The molecule has 2 rings (SSSR count). The third-order valence-corrected chi connectivity index (χ3v) is 4.28. The summed E-state index contributed by atoms with van der Waals surface area (Å²) in [6.45, 7) is 1.55. The molecule has 1 fully saturated rings. The molecule has 110 valence electrons. The topological polar surface area (TPSA) is 89.7 Å². The lowest BCUT2D eigenvalue weighted by Gasteiger charge is -2.15. The molecule has 0 bridgehead atoms. The number of likely N-dealkylation sites (tertiary alicyclic amines) is 1. The minimum absolute atomic E-state index is 0.00744. The number of methoxy groups -OCH3 is 1. The largest absolute Gasteiger partial charge is 0.495 e. The van der Waals surface area contributed by atoms with Crippen LogP contribution in [0.1, 0.15) is 18.4 Å². The van der Waals surface area contributed by atoms with Crippen molar-refractivity contribution in [1.82, 2.24) is 4.90 Å². The third-order valence-electron chi connectivity index (χ3n) is 3.35. The summed E-state index contributed by atoms with van der Waals surface area (Å²) in [4.78, 5) is 13.7. The number of sulfonamides is 1. The molecule has 1 aliphatic rings. The molecule has 7 heteroatoms. The first-order valence-corrected chi connectivity index (χ1v) is 7.94. The van der Waals surface area contributed by atoms with Crippen molar-refractivity contribution in [1.29, 1.82) is 0 Å². The van der Waals surface area contributed by atoms with E-state index in [1.807, 2.05) is 0 Å². The minimum Gasteiger partial charge on any atom is -0.495 e. The van der Waals surface area contributed by atoms with E-state index < -0.39 is 10.0 Å². The normalized spacial score (nSPS) is 15.4. The lowest BCUT2D eigenvalue weighted by molar-refractivity contribution is -0.129. The Kier molecular flexibility index (Phi) is 4.29. The molecule has 1 aromatic rings. The number of hydrogen-bond donors (Lipinski definition) is 1. The molecule has 0 aromatic heterocycles. The lowest BCUT2D eigenvalue weighted by atomic mass is 10.1. The van der Waals surface area contributed by atoms with Crippen molar-refractivity contribution in [2.24, 2.45) is 5.14 Å². The van der Waals surface area contributed by atoms with Gasteiger partial charge in [0, 0.05) is 13.1 Å². The molecule has 0 saturated carbocycles.